The highest BCUT2D eigenvalue weighted by molar-refractivity contribution is 6.30. The molecule has 10 nitrogen and oxygen atoms in total. The summed E-state index contributed by atoms with van der Waals surface area (Å²) >= 11 is 0. The van der Waals surface area contributed by atoms with Crippen LogP contribution in [0.4, 0.5) is 0 Å². The molecule has 7 atom stereocenters. The summed E-state index contributed by atoms with van der Waals surface area (Å²) in [7, 11) is 3.66. The van der Waals surface area contributed by atoms with Crippen LogP contribution in [0.5, 0.6) is 11.5 Å². The number of hydrogen-bond donors (Lipinski definition) is 5. The molecule has 0 unspecified atom stereocenters. The van der Waals surface area contributed by atoms with E-state index < -0.39 is 53.6 Å². The van der Waals surface area contributed by atoms with E-state index in [0.29, 0.717) is 6.42 Å². The first kappa shape index (κ1) is 26.7. The quantitative estimate of drug-likeness (QED) is 0.340. The van der Waals surface area contributed by atoms with Gasteiger partial charge in [-0.3, -0.25) is 9.59 Å². The fraction of sp³-hybridized carbons (Fsp3) is 0.500. The molecule has 3 aliphatic rings. The number of phenols is 2. The van der Waals surface area contributed by atoms with Crippen LogP contribution >= 0.6 is 0 Å². The van der Waals surface area contributed by atoms with Gasteiger partial charge in [-0.1, -0.05) is 19.1 Å². The van der Waals surface area contributed by atoms with Crippen molar-refractivity contribution in [2.75, 3.05) is 14.1 Å². The number of ether oxygens (including phenoxy) is 2. The molecule has 0 aromatic heterocycles. The number of likely N-dealkylation sites (N-methyl/N-ethyl adjacent to an activating group) is 1. The molecule has 1 heterocycles. The second kappa shape index (κ2) is 9.41. The van der Waals surface area contributed by atoms with Crippen molar-refractivity contribution < 1.29 is 44.6 Å². The molecule has 5 N–H and O–H groups in total. The second-order valence-electron chi connectivity index (χ2n) is 10.7. The topological polar surface area (TPSA) is 157 Å². The van der Waals surface area contributed by atoms with E-state index in [-0.39, 0.29) is 58.0 Å². The molecule has 2 aromatic rings. The Hall–Kier alpha value is -2.86. The van der Waals surface area contributed by atoms with Gasteiger partial charge in [0.2, 0.25) is 5.78 Å². The molecule has 5 rings (SSSR count). The molecule has 38 heavy (non-hydrogen) atoms. The fourth-order valence-corrected chi connectivity index (χ4v) is 6.01. The van der Waals surface area contributed by atoms with Gasteiger partial charge in [0.05, 0.1) is 35.0 Å². The first-order valence-corrected chi connectivity index (χ1v) is 12.8. The molecule has 0 saturated carbocycles. The van der Waals surface area contributed by atoms with Gasteiger partial charge in [0.25, 0.3) is 0 Å². The zero-order chi connectivity index (χ0) is 27.7. The molecule has 10 heteroatoms. The van der Waals surface area contributed by atoms with Crippen LogP contribution in [0.25, 0.3) is 0 Å². The van der Waals surface area contributed by atoms with E-state index in [9.17, 15) is 35.1 Å². The average molecular weight is 528 g/mol. The van der Waals surface area contributed by atoms with Crippen molar-refractivity contribution in [1.29, 1.82) is 0 Å². The largest absolute Gasteiger partial charge is 0.507 e. The number of carbonyl (C=O) groups is 2. The maximum Gasteiger partial charge on any atom is 0.201 e. The van der Waals surface area contributed by atoms with E-state index in [1.54, 1.807) is 13.8 Å². The number of carbonyl (C=O) groups excluding carboxylic acids is 2. The summed E-state index contributed by atoms with van der Waals surface area (Å²) in [6.07, 6.45) is -4.28. The van der Waals surface area contributed by atoms with Crippen molar-refractivity contribution in [2.45, 2.75) is 75.5 Å². The van der Waals surface area contributed by atoms with Gasteiger partial charge >= 0.3 is 0 Å². The number of aliphatic hydroxyl groups excluding tert-OH is 2. The highest BCUT2D eigenvalue weighted by Gasteiger charge is 2.49. The Morgan fingerprint density at radius 3 is 2.47 bits per heavy atom. The Bertz CT molecular complexity index is 1310. The first-order chi connectivity index (χ1) is 17.9. The van der Waals surface area contributed by atoms with Crippen molar-refractivity contribution in [3.8, 4) is 11.5 Å². The Morgan fingerprint density at radius 2 is 1.82 bits per heavy atom. The van der Waals surface area contributed by atoms with Crippen molar-refractivity contribution in [2.24, 2.45) is 0 Å². The van der Waals surface area contributed by atoms with E-state index in [4.69, 9.17) is 9.47 Å². The third-order valence-electron chi connectivity index (χ3n) is 8.29. The molecule has 0 radical (unpaired) electrons. The molecule has 1 fully saturated rings. The number of ketones is 2. The number of phenolic OH excluding ortho intramolecular Hbond substituents is 2. The minimum absolute atomic E-state index is 0.0106. The third kappa shape index (κ3) is 3.95. The lowest BCUT2D eigenvalue weighted by Gasteiger charge is -2.45. The molecule has 0 amide bonds. The second-order valence-corrected chi connectivity index (χ2v) is 10.7. The molecule has 0 spiro atoms. The van der Waals surface area contributed by atoms with Crippen LogP contribution in [0, 0.1) is 0 Å². The Balaban J connectivity index is 1.63. The summed E-state index contributed by atoms with van der Waals surface area (Å²) in [6, 6.07) is 5.20. The monoisotopic (exact) mass is 527 g/mol. The van der Waals surface area contributed by atoms with Crippen molar-refractivity contribution in [3.05, 3.63) is 57.6 Å². The SMILES string of the molecule is CC[C@@]1(O)C[C@H](O[C@H]2C[C@H](N(C)C)[C@H](O)[C@H](C)O2)c2c(cc3c(c2O)C(=O)c2c(O)cccc2C3=O)[C@H]1O. The number of aromatic hydroxyl groups is 2. The summed E-state index contributed by atoms with van der Waals surface area (Å²) in [5.74, 6) is -2.24. The molecule has 1 aliphatic heterocycles. The molecule has 2 aromatic carbocycles. The fourth-order valence-electron chi connectivity index (χ4n) is 6.01. The lowest BCUT2D eigenvalue weighted by atomic mass is 9.71. The summed E-state index contributed by atoms with van der Waals surface area (Å²) in [6.45, 7) is 3.43. The van der Waals surface area contributed by atoms with Gasteiger partial charge < -0.3 is 39.9 Å². The van der Waals surface area contributed by atoms with E-state index >= 15 is 0 Å². The molecule has 0 bridgehead atoms. The van der Waals surface area contributed by atoms with Gasteiger partial charge in [0.15, 0.2) is 12.1 Å². The van der Waals surface area contributed by atoms with Crippen LogP contribution in [0.2, 0.25) is 0 Å². The lowest BCUT2D eigenvalue weighted by Crippen LogP contribution is -2.54. The zero-order valence-corrected chi connectivity index (χ0v) is 21.7. The summed E-state index contributed by atoms with van der Waals surface area (Å²) in [5.41, 5.74) is -2.10. The minimum Gasteiger partial charge on any atom is -0.507 e. The summed E-state index contributed by atoms with van der Waals surface area (Å²) < 4.78 is 12.2. The maximum absolute atomic E-state index is 13.5. The summed E-state index contributed by atoms with van der Waals surface area (Å²) in [4.78, 5) is 28.7. The van der Waals surface area contributed by atoms with E-state index in [2.05, 4.69) is 0 Å². The van der Waals surface area contributed by atoms with Crippen molar-refractivity contribution in [3.63, 3.8) is 0 Å². The lowest BCUT2D eigenvalue weighted by molar-refractivity contribution is -0.261. The van der Waals surface area contributed by atoms with Crippen LogP contribution in [0.3, 0.4) is 0 Å². The van der Waals surface area contributed by atoms with E-state index in [0.717, 1.165) is 0 Å². The van der Waals surface area contributed by atoms with Gasteiger partial charge in [-0.2, -0.15) is 0 Å². The van der Waals surface area contributed by atoms with Crippen LogP contribution in [-0.2, 0) is 9.47 Å². The normalized spacial score (nSPS) is 32.6. The highest BCUT2D eigenvalue weighted by atomic mass is 16.7. The van der Waals surface area contributed by atoms with Crippen molar-refractivity contribution >= 4 is 11.6 Å². The van der Waals surface area contributed by atoms with Gasteiger partial charge in [0, 0.05) is 35.6 Å². The number of benzene rings is 2. The standard InChI is InChI=1S/C28H33NO9/c1-5-28(36)11-18(38-19-10-16(29(3)4)23(31)12(2)37-19)21-15(27(28)35)9-14-22(26(21)34)25(33)20-13(24(14)32)7-6-8-17(20)30/h6-9,12,16,18-19,23,27,30-31,34-36H,5,10-11H2,1-4H3/t12-,16-,18-,19-,23+,27+,28+/m0/s1. The number of rotatable bonds is 4. The molecular formula is C28H33NO9. The highest BCUT2D eigenvalue weighted by Crippen LogP contribution is 2.52. The van der Waals surface area contributed by atoms with Gasteiger partial charge in [-0.25, -0.2) is 0 Å². The van der Waals surface area contributed by atoms with Crippen molar-refractivity contribution in [1.82, 2.24) is 4.90 Å². The van der Waals surface area contributed by atoms with Crippen LogP contribution < -0.4 is 0 Å². The Morgan fingerprint density at radius 1 is 1.11 bits per heavy atom. The zero-order valence-electron chi connectivity index (χ0n) is 21.7. The van der Waals surface area contributed by atoms with E-state index in [1.807, 2.05) is 19.0 Å². The predicted octanol–water partition coefficient (Wildman–Crippen LogP) is 1.94. The minimum atomic E-state index is -1.64. The van der Waals surface area contributed by atoms with Crippen LogP contribution in [0.1, 0.15) is 88.3 Å². The number of aliphatic hydroxyl groups is 3. The Kier molecular flexibility index (Phi) is 6.62. The molecule has 204 valence electrons. The van der Waals surface area contributed by atoms with Gasteiger partial charge in [0.1, 0.15) is 17.6 Å². The average Bonchev–Trinajstić information content (AvgIpc) is 2.86. The first-order valence-electron chi connectivity index (χ1n) is 12.8. The molecular weight excluding hydrogens is 494 g/mol. The smallest absolute Gasteiger partial charge is 0.201 e. The molecule has 1 saturated heterocycles. The van der Waals surface area contributed by atoms with Crippen LogP contribution in [0.15, 0.2) is 24.3 Å². The Labute approximate surface area is 220 Å². The van der Waals surface area contributed by atoms with Gasteiger partial charge in [-0.05, 0) is 45.1 Å². The van der Waals surface area contributed by atoms with E-state index in [1.165, 1.54) is 24.3 Å². The summed E-state index contributed by atoms with van der Waals surface area (Å²) in [5, 5.41) is 54.9. The number of hydrogen-bond acceptors (Lipinski definition) is 10. The van der Waals surface area contributed by atoms with Gasteiger partial charge in [-0.15, -0.1) is 0 Å². The number of fused-ring (bicyclic) bond motifs is 3. The number of nitrogens with zero attached hydrogens (tertiary/aromatic N) is 1. The van der Waals surface area contributed by atoms with Crippen LogP contribution in [-0.4, -0.2) is 86.2 Å². The maximum atomic E-state index is 13.5. The third-order valence-corrected chi connectivity index (χ3v) is 8.29. The predicted molar refractivity (Wildman–Crippen MR) is 134 cm³/mol. The molecule has 2 aliphatic carbocycles.